The van der Waals surface area contributed by atoms with Crippen LogP contribution in [0, 0.1) is 0 Å². The highest BCUT2D eigenvalue weighted by Gasteiger charge is 2.00. The molecule has 176 valence electrons. The van der Waals surface area contributed by atoms with Crippen LogP contribution in [0.5, 0.6) is 0 Å². The molecule has 0 unspecified atom stereocenters. The van der Waals surface area contributed by atoms with Crippen LogP contribution in [0.25, 0.3) is 11.0 Å². The maximum atomic E-state index is 5.42. The zero-order valence-electron chi connectivity index (χ0n) is 19.0. The quantitative estimate of drug-likeness (QED) is 0.151. The van der Waals surface area contributed by atoms with Gasteiger partial charge in [0.25, 0.3) is 0 Å². The lowest BCUT2D eigenvalue weighted by Crippen LogP contribution is -2.37. The molecule has 9 nitrogen and oxygen atoms in total. The smallest absolute Gasteiger partial charge is 0.113 e. The second-order valence-corrected chi connectivity index (χ2v) is 7.74. The molecule has 2 rings (SSSR count). The summed E-state index contributed by atoms with van der Waals surface area (Å²) in [4.78, 5) is 1.84. The molecule has 0 saturated carbocycles. The van der Waals surface area contributed by atoms with E-state index >= 15 is 0 Å². The van der Waals surface area contributed by atoms with Gasteiger partial charge in [-0.25, -0.2) is 0 Å². The fourth-order valence-electron chi connectivity index (χ4n) is 3.30. The van der Waals surface area contributed by atoms with Crippen LogP contribution in [0.2, 0.25) is 0 Å². The number of aromatic nitrogens is 3. The van der Waals surface area contributed by atoms with E-state index in [0.29, 0.717) is 6.54 Å². The van der Waals surface area contributed by atoms with E-state index in [4.69, 9.17) is 5.73 Å². The summed E-state index contributed by atoms with van der Waals surface area (Å²) in [5.41, 5.74) is 7.39. The lowest BCUT2D eigenvalue weighted by atomic mass is 10.2. The van der Waals surface area contributed by atoms with Crippen LogP contribution in [0.3, 0.4) is 0 Å². The van der Waals surface area contributed by atoms with Crippen molar-refractivity contribution < 1.29 is 0 Å². The van der Waals surface area contributed by atoms with Gasteiger partial charge in [0, 0.05) is 65.4 Å². The van der Waals surface area contributed by atoms with Crippen LogP contribution in [0.1, 0.15) is 25.7 Å². The Bertz CT molecular complexity index is 628. The summed E-state index contributed by atoms with van der Waals surface area (Å²) < 4.78 is 0. The Labute approximate surface area is 187 Å². The predicted molar refractivity (Wildman–Crippen MR) is 129 cm³/mol. The Morgan fingerprint density at radius 1 is 0.581 bits per heavy atom. The minimum atomic E-state index is 0.702. The molecule has 31 heavy (non-hydrogen) atoms. The topological polar surface area (TPSA) is 117 Å². The number of hydrogen-bond acceptors (Lipinski definition) is 8. The molecule has 0 aliphatic carbocycles. The lowest BCUT2D eigenvalue weighted by Gasteiger charge is -2.09. The van der Waals surface area contributed by atoms with Gasteiger partial charge in [0.05, 0.1) is 6.54 Å². The maximum absolute atomic E-state index is 5.42. The SMILES string of the molecule is NCCNCCNCCNCCNCCNCCCCCCn1nc2ccccc2n1. The summed E-state index contributed by atoms with van der Waals surface area (Å²) in [6, 6.07) is 8.04. The molecule has 7 N–H and O–H groups in total. The lowest BCUT2D eigenvalue weighted by molar-refractivity contribution is 0.486. The molecule has 9 heteroatoms. The first-order valence-electron chi connectivity index (χ1n) is 11.9. The minimum absolute atomic E-state index is 0.702. The summed E-state index contributed by atoms with van der Waals surface area (Å²) >= 11 is 0. The van der Waals surface area contributed by atoms with Crippen molar-refractivity contribution in [3.63, 3.8) is 0 Å². The summed E-state index contributed by atoms with van der Waals surface area (Å²) in [5.74, 6) is 0. The third-order valence-electron chi connectivity index (χ3n) is 5.03. The van der Waals surface area contributed by atoms with Crippen molar-refractivity contribution in [3.8, 4) is 0 Å². The minimum Gasteiger partial charge on any atom is -0.329 e. The van der Waals surface area contributed by atoms with E-state index in [9.17, 15) is 0 Å². The monoisotopic (exact) mass is 433 g/mol. The van der Waals surface area contributed by atoms with Crippen molar-refractivity contribution in [2.75, 3.05) is 72.0 Å². The molecule has 0 spiro atoms. The summed E-state index contributed by atoms with van der Waals surface area (Å²) in [7, 11) is 0. The van der Waals surface area contributed by atoms with E-state index in [1.54, 1.807) is 0 Å². The van der Waals surface area contributed by atoms with Crippen LogP contribution in [0.4, 0.5) is 0 Å². The molecule has 2 aromatic rings. The van der Waals surface area contributed by atoms with Crippen LogP contribution >= 0.6 is 0 Å². The van der Waals surface area contributed by atoms with Crippen molar-refractivity contribution in [2.24, 2.45) is 5.73 Å². The molecule has 0 atom stereocenters. The van der Waals surface area contributed by atoms with Crippen LogP contribution in [-0.2, 0) is 6.54 Å². The highest BCUT2D eigenvalue weighted by molar-refractivity contribution is 5.72. The zero-order chi connectivity index (χ0) is 21.8. The summed E-state index contributed by atoms with van der Waals surface area (Å²) in [5, 5.41) is 26.1. The Kier molecular flexibility index (Phi) is 14.9. The van der Waals surface area contributed by atoms with E-state index in [2.05, 4.69) is 36.8 Å². The van der Waals surface area contributed by atoms with Gasteiger partial charge in [0.1, 0.15) is 11.0 Å². The van der Waals surface area contributed by atoms with Crippen molar-refractivity contribution in [2.45, 2.75) is 32.2 Å². The largest absolute Gasteiger partial charge is 0.329 e. The first-order chi connectivity index (χ1) is 15.4. The van der Waals surface area contributed by atoms with E-state index in [0.717, 1.165) is 89.4 Å². The molecule has 0 radical (unpaired) electrons. The van der Waals surface area contributed by atoms with Crippen molar-refractivity contribution in [1.82, 2.24) is 41.6 Å². The second-order valence-electron chi connectivity index (χ2n) is 7.74. The molecule has 0 amide bonds. The average molecular weight is 434 g/mol. The maximum Gasteiger partial charge on any atom is 0.113 e. The molecule has 0 aliphatic heterocycles. The van der Waals surface area contributed by atoms with E-state index in [1.165, 1.54) is 19.3 Å². The number of hydrogen-bond donors (Lipinski definition) is 6. The molecular formula is C22H43N9. The number of fused-ring (bicyclic) bond motifs is 1. The van der Waals surface area contributed by atoms with E-state index in [1.807, 2.05) is 29.1 Å². The highest BCUT2D eigenvalue weighted by atomic mass is 15.5. The van der Waals surface area contributed by atoms with Gasteiger partial charge < -0.3 is 32.3 Å². The molecule has 1 aromatic heterocycles. The van der Waals surface area contributed by atoms with Crippen LogP contribution in [-0.4, -0.2) is 87.0 Å². The summed E-state index contributed by atoms with van der Waals surface area (Å²) in [6.07, 6.45) is 4.84. The molecule has 1 heterocycles. The number of nitrogens with zero attached hydrogens (tertiary/aromatic N) is 3. The van der Waals surface area contributed by atoms with Gasteiger partial charge in [0.2, 0.25) is 0 Å². The first kappa shape index (κ1) is 25.6. The van der Waals surface area contributed by atoms with Crippen LogP contribution < -0.4 is 32.3 Å². The third kappa shape index (κ3) is 12.7. The Morgan fingerprint density at radius 2 is 1.03 bits per heavy atom. The second kappa shape index (κ2) is 18.0. The zero-order valence-corrected chi connectivity index (χ0v) is 19.0. The number of aryl methyl sites for hydroxylation is 1. The van der Waals surface area contributed by atoms with Gasteiger partial charge in [-0.3, -0.25) is 0 Å². The number of unbranched alkanes of at least 4 members (excludes halogenated alkanes) is 3. The normalized spacial score (nSPS) is 11.5. The number of nitrogens with two attached hydrogens (primary N) is 1. The standard InChI is InChI=1S/C22H43N9/c23-9-11-25-13-15-27-17-19-28-18-16-26-14-12-24-10-5-1-2-6-20-31-29-21-7-3-4-8-22(21)30-31/h3-4,7-8,24-28H,1-2,5-6,9-20,23H2. The van der Waals surface area contributed by atoms with Crippen molar-refractivity contribution in [3.05, 3.63) is 24.3 Å². The van der Waals surface area contributed by atoms with Crippen molar-refractivity contribution in [1.29, 1.82) is 0 Å². The van der Waals surface area contributed by atoms with Gasteiger partial charge in [-0.15, -0.1) is 0 Å². The molecular weight excluding hydrogens is 390 g/mol. The van der Waals surface area contributed by atoms with Gasteiger partial charge >= 0.3 is 0 Å². The molecule has 0 aliphatic rings. The fourth-order valence-corrected chi connectivity index (χ4v) is 3.30. The molecule has 0 bridgehead atoms. The third-order valence-corrected chi connectivity index (χ3v) is 5.03. The highest BCUT2D eigenvalue weighted by Crippen LogP contribution is 2.08. The van der Waals surface area contributed by atoms with Gasteiger partial charge in [-0.05, 0) is 31.5 Å². The first-order valence-corrected chi connectivity index (χ1v) is 11.9. The number of nitrogens with one attached hydrogen (secondary N) is 5. The molecule has 0 fully saturated rings. The predicted octanol–water partition coefficient (Wildman–Crippen LogP) is -0.102. The number of benzene rings is 1. The number of rotatable bonds is 21. The van der Waals surface area contributed by atoms with Gasteiger partial charge in [-0.2, -0.15) is 15.0 Å². The average Bonchev–Trinajstić information content (AvgIpc) is 3.20. The Hall–Kier alpha value is -1.62. The molecule has 1 aromatic carbocycles. The Morgan fingerprint density at radius 3 is 1.55 bits per heavy atom. The Balaban J connectivity index is 1.26. The van der Waals surface area contributed by atoms with E-state index < -0.39 is 0 Å². The van der Waals surface area contributed by atoms with Crippen molar-refractivity contribution >= 4 is 11.0 Å². The van der Waals surface area contributed by atoms with Gasteiger partial charge in [0.15, 0.2) is 0 Å². The van der Waals surface area contributed by atoms with Crippen LogP contribution in [0.15, 0.2) is 24.3 Å². The summed E-state index contributed by atoms with van der Waals surface area (Å²) in [6.45, 7) is 11.6. The fraction of sp³-hybridized carbons (Fsp3) is 0.727. The van der Waals surface area contributed by atoms with Gasteiger partial charge in [-0.1, -0.05) is 25.0 Å². The van der Waals surface area contributed by atoms with E-state index in [-0.39, 0.29) is 0 Å². The molecule has 0 saturated heterocycles.